The molecule has 1 aliphatic heterocycles. The summed E-state index contributed by atoms with van der Waals surface area (Å²) in [6.07, 6.45) is 6.05. The molecule has 1 saturated heterocycles. The second-order valence-electron chi connectivity index (χ2n) is 4.62. The van der Waals surface area contributed by atoms with Crippen LogP contribution in [0.25, 0.3) is 0 Å². The predicted molar refractivity (Wildman–Crippen MR) is 64.2 cm³/mol. The van der Waals surface area contributed by atoms with Crippen LogP contribution in [0.4, 0.5) is 0 Å². The number of nitrogens with zero attached hydrogens (tertiary/aromatic N) is 1. The van der Waals surface area contributed by atoms with Gasteiger partial charge in [-0.05, 0) is 37.9 Å². The minimum absolute atomic E-state index is 0.165. The quantitative estimate of drug-likeness (QED) is 0.800. The number of rotatable bonds is 2. The minimum Gasteiger partial charge on any atom is -0.385 e. The Morgan fingerprint density at radius 1 is 1.38 bits per heavy atom. The molecule has 16 heavy (non-hydrogen) atoms. The van der Waals surface area contributed by atoms with Crippen molar-refractivity contribution in [1.82, 2.24) is 10.3 Å². The van der Waals surface area contributed by atoms with Gasteiger partial charge >= 0.3 is 0 Å². The van der Waals surface area contributed by atoms with Gasteiger partial charge in [-0.15, -0.1) is 0 Å². The molecule has 0 amide bonds. The third-order valence-corrected chi connectivity index (χ3v) is 3.22. The highest BCUT2D eigenvalue weighted by Gasteiger charge is 2.22. The Labute approximate surface area is 96.9 Å². The highest BCUT2D eigenvalue weighted by atomic mass is 16.3. The Hall–Kier alpha value is -0.930. The Morgan fingerprint density at radius 2 is 2.25 bits per heavy atom. The molecule has 1 aliphatic rings. The average Bonchev–Trinajstić information content (AvgIpc) is 2.57. The Bertz CT molecular complexity index is 315. The third-order valence-electron chi connectivity index (χ3n) is 3.22. The maximum Gasteiger partial charge on any atom is 0.111 e. The van der Waals surface area contributed by atoms with Crippen LogP contribution in [0, 0.1) is 6.92 Å². The third kappa shape index (κ3) is 2.80. The van der Waals surface area contributed by atoms with E-state index in [1.54, 1.807) is 0 Å². The first-order valence-corrected chi connectivity index (χ1v) is 6.11. The van der Waals surface area contributed by atoms with Crippen LogP contribution in [0.3, 0.4) is 0 Å². The SMILES string of the molecule is Cc1ccc(C(O)C2CCCCCN2)nc1. The van der Waals surface area contributed by atoms with Crippen molar-refractivity contribution in [3.05, 3.63) is 29.6 Å². The van der Waals surface area contributed by atoms with Gasteiger partial charge < -0.3 is 10.4 Å². The molecule has 2 rings (SSSR count). The van der Waals surface area contributed by atoms with E-state index in [-0.39, 0.29) is 6.04 Å². The van der Waals surface area contributed by atoms with Crippen LogP contribution in [0.15, 0.2) is 18.3 Å². The van der Waals surface area contributed by atoms with Gasteiger partial charge in [0.2, 0.25) is 0 Å². The largest absolute Gasteiger partial charge is 0.385 e. The summed E-state index contributed by atoms with van der Waals surface area (Å²) in [6, 6.07) is 4.09. The molecule has 2 unspecified atom stereocenters. The predicted octanol–water partition coefficient (Wildman–Crippen LogP) is 1.96. The molecule has 1 aromatic rings. The highest BCUT2D eigenvalue weighted by Crippen LogP contribution is 2.21. The molecule has 1 aromatic heterocycles. The summed E-state index contributed by atoms with van der Waals surface area (Å²) in [5, 5.41) is 13.6. The second kappa shape index (κ2) is 5.41. The fourth-order valence-electron chi connectivity index (χ4n) is 2.19. The minimum atomic E-state index is -0.473. The summed E-state index contributed by atoms with van der Waals surface area (Å²) in [6.45, 7) is 3.01. The topological polar surface area (TPSA) is 45.1 Å². The monoisotopic (exact) mass is 220 g/mol. The van der Waals surface area contributed by atoms with Crippen LogP contribution >= 0.6 is 0 Å². The van der Waals surface area contributed by atoms with Crippen LogP contribution in [0.5, 0.6) is 0 Å². The fraction of sp³-hybridized carbons (Fsp3) is 0.615. The summed E-state index contributed by atoms with van der Waals surface area (Å²) in [5.41, 5.74) is 1.91. The molecule has 0 aliphatic carbocycles. The molecule has 2 atom stereocenters. The number of aliphatic hydroxyl groups is 1. The standard InChI is InChI=1S/C13H20N2O/c1-10-6-7-12(15-9-10)13(16)11-5-3-2-4-8-14-11/h6-7,9,11,13-14,16H,2-5,8H2,1H3. The zero-order chi connectivity index (χ0) is 11.4. The van der Waals surface area contributed by atoms with Crippen LogP contribution < -0.4 is 5.32 Å². The molecular weight excluding hydrogens is 200 g/mol. The first kappa shape index (κ1) is 11.6. The summed E-state index contributed by atoms with van der Waals surface area (Å²) in [7, 11) is 0. The molecule has 3 heteroatoms. The van der Waals surface area contributed by atoms with Gasteiger partial charge in [0.25, 0.3) is 0 Å². The molecular formula is C13H20N2O. The maximum absolute atomic E-state index is 10.2. The lowest BCUT2D eigenvalue weighted by Gasteiger charge is -2.21. The van der Waals surface area contributed by atoms with Gasteiger partial charge in [-0.1, -0.05) is 18.9 Å². The number of aromatic nitrogens is 1. The van der Waals surface area contributed by atoms with Crippen LogP contribution in [-0.2, 0) is 0 Å². The lowest BCUT2D eigenvalue weighted by molar-refractivity contribution is 0.122. The van der Waals surface area contributed by atoms with Crippen LogP contribution in [0.1, 0.15) is 43.0 Å². The van der Waals surface area contributed by atoms with Crippen LogP contribution in [-0.4, -0.2) is 22.7 Å². The van der Waals surface area contributed by atoms with Gasteiger partial charge in [-0.2, -0.15) is 0 Å². The number of aryl methyl sites for hydroxylation is 1. The van der Waals surface area contributed by atoms with Crippen molar-refractivity contribution in [2.75, 3.05) is 6.54 Å². The molecule has 3 nitrogen and oxygen atoms in total. The number of pyridine rings is 1. The average molecular weight is 220 g/mol. The summed E-state index contributed by atoms with van der Waals surface area (Å²) in [5.74, 6) is 0. The van der Waals surface area contributed by atoms with Crippen molar-refractivity contribution in [1.29, 1.82) is 0 Å². The van der Waals surface area contributed by atoms with Gasteiger partial charge in [0, 0.05) is 12.2 Å². The maximum atomic E-state index is 10.2. The highest BCUT2D eigenvalue weighted by molar-refractivity contribution is 5.15. The lowest BCUT2D eigenvalue weighted by Crippen LogP contribution is -2.34. The first-order valence-electron chi connectivity index (χ1n) is 6.11. The molecule has 0 aromatic carbocycles. The van der Waals surface area contributed by atoms with E-state index in [1.807, 2.05) is 25.3 Å². The van der Waals surface area contributed by atoms with Gasteiger partial charge in [0.15, 0.2) is 0 Å². The Morgan fingerprint density at radius 3 is 3.00 bits per heavy atom. The normalized spacial score (nSPS) is 23.8. The molecule has 0 saturated carbocycles. The Kier molecular flexibility index (Phi) is 3.91. The van der Waals surface area contributed by atoms with E-state index >= 15 is 0 Å². The van der Waals surface area contributed by atoms with Crippen LogP contribution in [0.2, 0.25) is 0 Å². The lowest BCUT2D eigenvalue weighted by atomic mass is 10.0. The second-order valence-corrected chi connectivity index (χ2v) is 4.62. The zero-order valence-electron chi connectivity index (χ0n) is 9.82. The zero-order valence-corrected chi connectivity index (χ0v) is 9.82. The summed E-state index contributed by atoms with van der Waals surface area (Å²) < 4.78 is 0. The number of aliphatic hydroxyl groups excluding tert-OH is 1. The van der Waals surface area contributed by atoms with E-state index in [0.29, 0.717) is 0 Å². The first-order chi connectivity index (χ1) is 7.77. The van der Waals surface area contributed by atoms with Crippen molar-refractivity contribution >= 4 is 0 Å². The van der Waals surface area contributed by atoms with Crippen molar-refractivity contribution < 1.29 is 5.11 Å². The molecule has 0 radical (unpaired) electrons. The van der Waals surface area contributed by atoms with E-state index in [4.69, 9.17) is 0 Å². The number of nitrogens with one attached hydrogen (secondary N) is 1. The van der Waals surface area contributed by atoms with E-state index in [1.165, 1.54) is 19.3 Å². The van der Waals surface area contributed by atoms with E-state index in [0.717, 1.165) is 24.2 Å². The number of hydrogen-bond acceptors (Lipinski definition) is 3. The number of hydrogen-bond donors (Lipinski definition) is 2. The molecule has 1 fully saturated rings. The molecule has 2 N–H and O–H groups in total. The summed E-state index contributed by atoms with van der Waals surface area (Å²) in [4.78, 5) is 4.29. The van der Waals surface area contributed by atoms with Gasteiger partial charge in [0.1, 0.15) is 6.10 Å². The summed E-state index contributed by atoms with van der Waals surface area (Å²) >= 11 is 0. The van der Waals surface area contributed by atoms with Gasteiger partial charge in [-0.25, -0.2) is 0 Å². The Balaban J connectivity index is 2.04. The molecule has 2 heterocycles. The fourth-order valence-corrected chi connectivity index (χ4v) is 2.19. The van der Waals surface area contributed by atoms with E-state index < -0.39 is 6.10 Å². The molecule has 0 bridgehead atoms. The smallest absolute Gasteiger partial charge is 0.111 e. The van der Waals surface area contributed by atoms with Gasteiger partial charge in [0.05, 0.1) is 5.69 Å². The van der Waals surface area contributed by atoms with Crippen molar-refractivity contribution in [2.45, 2.75) is 44.8 Å². The van der Waals surface area contributed by atoms with Gasteiger partial charge in [-0.3, -0.25) is 4.98 Å². The van der Waals surface area contributed by atoms with E-state index in [9.17, 15) is 5.11 Å². The van der Waals surface area contributed by atoms with E-state index in [2.05, 4.69) is 10.3 Å². The molecule has 0 spiro atoms. The van der Waals surface area contributed by atoms with Crippen molar-refractivity contribution in [3.8, 4) is 0 Å². The molecule has 88 valence electrons. The van der Waals surface area contributed by atoms with Crippen molar-refractivity contribution in [3.63, 3.8) is 0 Å². The van der Waals surface area contributed by atoms with Crippen molar-refractivity contribution in [2.24, 2.45) is 0 Å².